The van der Waals surface area contributed by atoms with Crippen molar-refractivity contribution in [2.24, 2.45) is 0 Å². The van der Waals surface area contributed by atoms with E-state index in [0.29, 0.717) is 0 Å². The van der Waals surface area contributed by atoms with E-state index in [2.05, 4.69) is 23.1 Å². The van der Waals surface area contributed by atoms with Crippen molar-refractivity contribution in [2.45, 2.75) is 0 Å². The molecule has 4 rings (SSSR count). The lowest BCUT2D eigenvalue weighted by Crippen LogP contribution is -2.37. The van der Waals surface area contributed by atoms with Gasteiger partial charge in [0.25, 0.3) is 0 Å². The molecule has 1 aliphatic heterocycles. The van der Waals surface area contributed by atoms with Crippen molar-refractivity contribution in [3.8, 4) is 11.3 Å². The Bertz CT molecular complexity index is 794. The number of hydrogen-bond acceptors (Lipinski definition) is 3. The highest BCUT2D eigenvalue weighted by molar-refractivity contribution is 6.31. The van der Waals surface area contributed by atoms with Crippen LogP contribution in [0.3, 0.4) is 0 Å². The second kappa shape index (κ2) is 5.63. The SMILES string of the molecule is Clc1cc(N2CCOCC2)n2nc(-c3ccccc3)cc2c1. The van der Waals surface area contributed by atoms with E-state index in [0.717, 1.165) is 53.9 Å². The van der Waals surface area contributed by atoms with E-state index < -0.39 is 0 Å². The molecular formula is C17H16ClN3O. The Kier molecular flexibility index (Phi) is 3.48. The monoisotopic (exact) mass is 313 g/mol. The number of rotatable bonds is 2. The molecule has 0 aliphatic carbocycles. The number of morpholine rings is 1. The van der Waals surface area contributed by atoms with Crippen molar-refractivity contribution < 1.29 is 4.74 Å². The second-order valence-corrected chi connectivity index (χ2v) is 5.80. The highest BCUT2D eigenvalue weighted by atomic mass is 35.5. The zero-order valence-electron chi connectivity index (χ0n) is 12.1. The summed E-state index contributed by atoms with van der Waals surface area (Å²) in [4.78, 5) is 2.27. The number of pyridine rings is 1. The molecule has 5 heteroatoms. The van der Waals surface area contributed by atoms with Gasteiger partial charge in [-0.3, -0.25) is 0 Å². The van der Waals surface area contributed by atoms with Crippen LogP contribution in [0.25, 0.3) is 16.8 Å². The number of hydrogen-bond donors (Lipinski definition) is 0. The fourth-order valence-corrected chi connectivity index (χ4v) is 3.03. The van der Waals surface area contributed by atoms with Crippen LogP contribution in [0, 0.1) is 0 Å². The van der Waals surface area contributed by atoms with Crippen molar-refractivity contribution in [1.29, 1.82) is 0 Å². The molecule has 0 bridgehead atoms. The predicted molar refractivity (Wildman–Crippen MR) is 88.7 cm³/mol. The summed E-state index contributed by atoms with van der Waals surface area (Å²) in [6.45, 7) is 3.19. The summed E-state index contributed by atoms with van der Waals surface area (Å²) in [7, 11) is 0. The number of benzene rings is 1. The Hall–Kier alpha value is -2.04. The summed E-state index contributed by atoms with van der Waals surface area (Å²) in [5.74, 6) is 1.02. The van der Waals surface area contributed by atoms with Gasteiger partial charge in [0.05, 0.1) is 24.4 Å². The number of halogens is 1. The third-order valence-electron chi connectivity index (χ3n) is 3.91. The summed E-state index contributed by atoms with van der Waals surface area (Å²) in [6.07, 6.45) is 0. The van der Waals surface area contributed by atoms with E-state index in [9.17, 15) is 0 Å². The maximum absolute atomic E-state index is 6.30. The Balaban J connectivity index is 1.84. The van der Waals surface area contributed by atoms with Crippen molar-refractivity contribution in [1.82, 2.24) is 9.61 Å². The minimum atomic E-state index is 0.730. The van der Waals surface area contributed by atoms with Gasteiger partial charge in [0.2, 0.25) is 0 Å². The number of anilines is 1. The van der Waals surface area contributed by atoms with Gasteiger partial charge in [-0.2, -0.15) is 5.10 Å². The average molecular weight is 314 g/mol. The third-order valence-corrected chi connectivity index (χ3v) is 4.13. The van der Waals surface area contributed by atoms with Crippen LogP contribution in [-0.2, 0) is 4.74 Å². The number of ether oxygens (including phenoxy) is 1. The largest absolute Gasteiger partial charge is 0.378 e. The fourth-order valence-electron chi connectivity index (χ4n) is 2.82. The van der Waals surface area contributed by atoms with Gasteiger partial charge < -0.3 is 9.64 Å². The third kappa shape index (κ3) is 2.45. The number of aromatic nitrogens is 2. The van der Waals surface area contributed by atoms with E-state index in [1.807, 2.05) is 34.8 Å². The zero-order valence-corrected chi connectivity index (χ0v) is 12.8. The molecule has 2 aromatic heterocycles. The molecule has 1 saturated heterocycles. The van der Waals surface area contributed by atoms with Gasteiger partial charge in [0.15, 0.2) is 0 Å². The van der Waals surface area contributed by atoms with Gasteiger partial charge >= 0.3 is 0 Å². The van der Waals surface area contributed by atoms with Gasteiger partial charge in [-0.05, 0) is 18.2 Å². The van der Waals surface area contributed by atoms with E-state index >= 15 is 0 Å². The van der Waals surface area contributed by atoms with Crippen molar-refractivity contribution in [3.63, 3.8) is 0 Å². The van der Waals surface area contributed by atoms with Gasteiger partial charge in [0.1, 0.15) is 5.82 Å². The Morgan fingerprint density at radius 1 is 1.00 bits per heavy atom. The van der Waals surface area contributed by atoms with E-state index in [-0.39, 0.29) is 0 Å². The quantitative estimate of drug-likeness (QED) is 0.725. The Labute approximate surface area is 133 Å². The molecule has 0 amide bonds. The van der Waals surface area contributed by atoms with Crippen LogP contribution in [0.1, 0.15) is 0 Å². The second-order valence-electron chi connectivity index (χ2n) is 5.36. The summed E-state index contributed by atoms with van der Waals surface area (Å²) in [5, 5.41) is 5.50. The molecule has 0 spiro atoms. The molecular weight excluding hydrogens is 298 g/mol. The molecule has 3 heterocycles. The molecule has 1 aromatic carbocycles. The molecule has 0 radical (unpaired) electrons. The minimum Gasteiger partial charge on any atom is -0.378 e. The maximum atomic E-state index is 6.30. The number of nitrogens with zero attached hydrogens (tertiary/aromatic N) is 3. The first kappa shape index (κ1) is 13.6. The molecule has 1 fully saturated rings. The zero-order chi connectivity index (χ0) is 14.9. The molecule has 4 nitrogen and oxygen atoms in total. The van der Waals surface area contributed by atoms with Gasteiger partial charge in [-0.15, -0.1) is 0 Å². The van der Waals surface area contributed by atoms with Crippen molar-refractivity contribution in [3.05, 3.63) is 53.6 Å². The first-order valence-electron chi connectivity index (χ1n) is 7.39. The van der Waals surface area contributed by atoms with Gasteiger partial charge in [0, 0.05) is 23.7 Å². The summed E-state index contributed by atoms with van der Waals surface area (Å²) in [5.41, 5.74) is 3.07. The maximum Gasteiger partial charge on any atom is 0.132 e. The lowest BCUT2D eigenvalue weighted by molar-refractivity contribution is 0.122. The lowest BCUT2D eigenvalue weighted by Gasteiger charge is -2.29. The predicted octanol–water partition coefficient (Wildman–Crippen LogP) is 3.49. The lowest BCUT2D eigenvalue weighted by atomic mass is 10.1. The fraction of sp³-hybridized carbons (Fsp3) is 0.235. The first-order valence-corrected chi connectivity index (χ1v) is 7.76. The summed E-state index contributed by atoms with van der Waals surface area (Å²) >= 11 is 6.30. The van der Waals surface area contributed by atoms with Crippen LogP contribution in [0.5, 0.6) is 0 Å². The minimum absolute atomic E-state index is 0.730. The number of fused-ring (bicyclic) bond motifs is 1. The summed E-state index contributed by atoms with van der Waals surface area (Å²) < 4.78 is 7.41. The Morgan fingerprint density at radius 3 is 2.55 bits per heavy atom. The first-order chi connectivity index (χ1) is 10.8. The van der Waals surface area contributed by atoms with Gasteiger partial charge in [-0.1, -0.05) is 41.9 Å². The molecule has 1 aliphatic rings. The highest BCUT2D eigenvalue weighted by Crippen LogP contribution is 2.27. The van der Waals surface area contributed by atoms with Crippen LogP contribution in [0.4, 0.5) is 5.82 Å². The van der Waals surface area contributed by atoms with Gasteiger partial charge in [-0.25, -0.2) is 4.52 Å². The molecule has 0 saturated carbocycles. The normalized spacial score (nSPS) is 15.4. The summed E-state index contributed by atoms with van der Waals surface area (Å²) in [6, 6.07) is 16.2. The highest BCUT2D eigenvalue weighted by Gasteiger charge is 2.16. The van der Waals surface area contributed by atoms with E-state index in [1.165, 1.54) is 0 Å². The van der Waals surface area contributed by atoms with Crippen molar-refractivity contribution in [2.75, 3.05) is 31.2 Å². The molecule has 0 unspecified atom stereocenters. The molecule has 22 heavy (non-hydrogen) atoms. The van der Waals surface area contributed by atoms with Crippen LogP contribution < -0.4 is 4.90 Å². The van der Waals surface area contributed by atoms with Crippen LogP contribution in [0.2, 0.25) is 5.02 Å². The molecule has 3 aromatic rings. The standard InChI is InChI=1S/C17H16ClN3O/c18-14-10-15-12-16(13-4-2-1-3-5-13)19-21(15)17(11-14)20-6-8-22-9-7-20/h1-5,10-12H,6-9H2. The van der Waals surface area contributed by atoms with E-state index in [4.69, 9.17) is 21.4 Å². The van der Waals surface area contributed by atoms with Crippen LogP contribution in [0.15, 0.2) is 48.5 Å². The van der Waals surface area contributed by atoms with Crippen LogP contribution >= 0.6 is 11.6 Å². The topological polar surface area (TPSA) is 29.8 Å². The van der Waals surface area contributed by atoms with E-state index in [1.54, 1.807) is 0 Å². The van der Waals surface area contributed by atoms with Crippen molar-refractivity contribution >= 4 is 22.9 Å². The molecule has 0 N–H and O–H groups in total. The Morgan fingerprint density at radius 2 is 1.77 bits per heavy atom. The molecule has 0 atom stereocenters. The van der Waals surface area contributed by atoms with Crippen LogP contribution in [-0.4, -0.2) is 35.9 Å². The smallest absolute Gasteiger partial charge is 0.132 e. The molecule has 112 valence electrons. The average Bonchev–Trinajstić information content (AvgIpc) is 2.99.